The van der Waals surface area contributed by atoms with Crippen LogP contribution in [0.1, 0.15) is 11.5 Å². The fraction of sp³-hybridized carbons (Fsp3) is 0.0385. The van der Waals surface area contributed by atoms with Crippen molar-refractivity contribution in [2.45, 2.75) is 6.92 Å². The summed E-state index contributed by atoms with van der Waals surface area (Å²) in [7, 11) is 0. The number of rotatable bonds is 4. The summed E-state index contributed by atoms with van der Waals surface area (Å²) < 4.78 is 5.97. The van der Waals surface area contributed by atoms with Gasteiger partial charge in [-0.3, -0.25) is 9.69 Å². The van der Waals surface area contributed by atoms with E-state index >= 15 is 0 Å². The van der Waals surface area contributed by atoms with Crippen LogP contribution in [0.4, 0.5) is 11.5 Å². The summed E-state index contributed by atoms with van der Waals surface area (Å²) in [5.74, 6) is 1.63. The van der Waals surface area contributed by atoms with Crippen LogP contribution >= 0.6 is 23.4 Å². The number of carbonyl (C=O) groups is 1. The van der Waals surface area contributed by atoms with E-state index in [9.17, 15) is 4.79 Å². The molecular weight excluding hydrogens is 454 g/mol. The van der Waals surface area contributed by atoms with E-state index in [-0.39, 0.29) is 5.91 Å². The normalized spacial score (nSPS) is 16.2. The van der Waals surface area contributed by atoms with Crippen molar-refractivity contribution in [3.8, 4) is 11.3 Å². The van der Waals surface area contributed by atoms with Crippen LogP contribution in [0.15, 0.2) is 99.2 Å². The van der Waals surface area contributed by atoms with Crippen LogP contribution in [0, 0.1) is 6.92 Å². The van der Waals surface area contributed by atoms with Gasteiger partial charge in [0.2, 0.25) is 0 Å². The summed E-state index contributed by atoms with van der Waals surface area (Å²) in [5, 5.41) is 1.17. The smallest absolute Gasteiger partial charge is 0.271 e. The van der Waals surface area contributed by atoms with Crippen molar-refractivity contribution in [2.24, 2.45) is 4.99 Å². The monoisotopic (exact) mass is 471 g/mol. The van der Waals surface area contributed by atoms with E-state index < -0.39 is 0 Å². The zero-order chi connectivity index (χ0) is 22.8. The van der Waals surface area contributed by atoms with Crippen molar-refractivity contribution in [3.63, 3.8) is 0 Å². The summed E-state index contributed by atoms with van der Waals surface area (Å²) in [5.41, 5.74) is 2.47. The highest BCUT2D eigenvalue weighted by Gasteiger charge is 2.35. The number of para-hydroxylation sites is 1. The van der Waals surface area contributed by atoms with Gasteiger partial charge in [0.15, 0.2) is 11.0 Å². The van der Waals surface area contributed by atoms with E-state index in [0.29, 0.717) is 32.4 Å². The molecule has 1 aliphatic heterocycles. The lowest BCUT2D eigenvalue weighted by Crippen LogP contribution is -2.28. The first-order valence-electron chi connectivity index (χ1n) is 10.2. The highest BCUT2D eigenvalue weighted by molar-refractivity contribution is 8.19. The zero-order valence-corrected chi connectivity index (χ0v) is 19.2. The van der Waals surface area contributed by atoms with Crippen molar-refractivity contribution in [1.82, 2.24) is 4.98 Å². The Bertz CT molecular complexity index is 1400. The third-order valence-corrected chi connectivity index (χ3v) is 6.12. The molecule has 2 aromatic heterocycles. The Labute approximate surface area is 200 Å². The second-order valence-electron chi connectivity index (χ2n) is 7.33. The minimum Gasteiger partial charge on any atom is -0.457 e. The topological polar surface area (TPSA) is 58.7 Å². The van der Waals surface area contributed by atoms with Gasteiger partial charge in [-0.05, 0) is 67.2 Å². The number of hydrogen-bond donors (Lipinski definition) is 0. The average Bonchev–Trinajstić information content (AvgIpc) is 3.39. The van der Waals surface area contributed by atoms with E-state index in [1.807, 2.05) is 91.9 Å². The van der Waals surface area contributed by atoms with E-state index in [0.717, 1.165) is 16.9 Å². The maximum absolute atomic E-state index is 13.4. The lowest BCUT2D eigenvalue weighted by molar-refractivity contribution is -0.113. The number of aliphatic imine (C=N–C) groups is 1. The number of furan rings is 1. The Morgan fingerprint density at radius 1 is 1.00 bits per heavy atom. The fourth-order valence-corrected chi connectivity index (χ4v) is 4.56. The average molecular weight is 472 g/mol. The van der Waals surface area contributed by atoms with E-state index in [1.165, 1.54) is 11.8 Å². The molecule has 0 radical (unpaired) electrons. The van der Waals surface area contributed by atoms with Crippen molar-refractivity contribution < 1.29 is 9.21 Å². The Morgan fingerprint density at radius 2 is 1.82 bits per heavy atom. The molecule has 3 heterocycles. The standard InChI is InChI=1S/C26H18ClN3O2S/c1-17-7-5-12-24(28-17)29-26-30(20-10-3-2-4-11-20)25(31)23(33-26)16-21-13-14-22(32-21)18-8-6-9-19(27)15-18/h2-16H,1H3/b23-16+,29-26+. The van der Waals surface area contributed by atoms with Crippen LogP contribution < -0.4 is 4.90 Å². The Kier molecular flexibility index (Phi) is 5.86. The van der Waals surface area contributed by atoms with Crippen molar-refractivity contribution in [1.29, 1.82) is 0 Å². The van der Waals surface area contributed by atoms with Crippen LogP contribution in [0.3, 0.4) is 0 Å². The molecule has 1 aliphatic rings. The SMILES string of the molecule is Cc1cccc(/N=C2/S/C(=C/c3ccc(-c4cccc(Cl)c4)o3)C(=O)N2c2ccccc2)n1. The van der Waals surface area contributed by atoms with Gasteiger partial charge < -0.3 is 4.42 Å². The molecule has 4 aromatic rings. The van der Waals surface area contributed by atoms with Gasteiger partial charge in [-0.1, -0.05) is 48.0 Å². The second kappa shape index (κ2) is 9.10. The molecule has 0 bridgehead atoms. The van der Waals surface area contributed by atoms with Gasteiger partial charge in [-0.25, -0.2) is 9.98 Å². The first-order valence-corrected chi connectivity index (χ1v) is 11.4. The number of pyridine rings is 1. The molecule has 0 aliphatic carbocycles. The molecule has 1 amide bonds. The molecule has 33 heavy (non-hydrogen) atoms. The molecule has 1 saturated heterocycles. The highest BCUT2D eigenvalue weighted by atomic mass is 35.5. The maximum atomic E-state index is 13.4. The van der Waals surface area contributed by atoms with Gasteiger partial charge >= 0.3 is 0 Å². The third kappa shape index (κ3) is 4.62. The molecule has 0 atom stereocenters. The highest BCUT2D eigenvalue weighted by Crippen LogP contribution is 2.37. The van der Waals surface area contributed by atoms with Gasteiger partial charge in [0, 0.05) is 22.4 Å². The predicted molar refractivity (Wildman–Crippen MR) is 135 cm³/mol. The minimum atomic E-state index is -0.168. The lowest BCUT2D eigenvalue weighted by atomic mass is 10.2. The minimum absolute atomic E-state index is 0.168. The first kappa shape index (κ1) is 21.2. The molecule has 0 spiro atoms. The molecule has 5 rings (SSSR count). The largest absolute Gasteiger partial charge is 0.457 e. The van der Waals surface area contributed by atoms with Crippen LogP contribution in [-0.2, 0) is 4.79 Å². The molecule has 5 nitrogen and oxygen atoms in total. The molecular formula is C26H18ClN3O2S. The number of benzene rings is 2. The van der Waals surface area contributed by atoms with Crippen molar-refractivity contribution >= 4 is 52.0 Å². The van der Waals surface area contributed by atoms with Gasteiger partial charge in [-0.2, -0.15) is 0 Å². The van der Waals surface area contributed by atoms with E-state index in [2.05, 4.69) is 9.98 Å². The van der Waals surface area contributed by atoms with E-state index in [4.69, 9.17) is 16.0 Å². The summed E-state index contributed by atoms with van der Waals surface area (Å²) in [4.78, 5) is 24.6. The number of amides is 1. The number of amidine groups is 1. The van der Waals surface area contributed by atoms with Crippen LogP contribution in [0.5, 0.6) is 0 Å². The van der Waals surface area contributed by atoms with Gasteiger partial charge in [-0.15, -0.1) is 0 Å². The summed E-state index contributed by atoms with van der Waals surface area (Å²) >= 11 is 7.39. The van der Waals surface area contributed by atoms with Crippen molar-refractivity contribution in [2.75, 3.05) is 4.90 Å². The zero-order valence-electron chi connectivity index (χ0n) is 17.6. The van der Waals surface area contributed by atoms with Gasteiger partial charge in [0.25, 0.3) is 5.91 Å². The number of carbonyl (C=O) groups excluding carboxylic acids is 1. The van der Waals surface area contributed by atoms with Gasteiger partial charge in [0.1, 0.15) is 11.5 Å². The molecule has 162 valence electrons. The number of thioether (sulfide) groups is 1. The van der Waals surface area contributed by atoms with Crippen LogP contribution in [0.2, 0.25) is 5.02 Å². The third-order valence-electron chi connectivity index (χ3n) is 4.91. The number of hydrogen-bond acceptors (Lipinski definition) is 5. The number of aromatic nitrogens is 1. The summed E-state index contributed by atoms with van der Waals surface area (Å²) in [6.07, 6.45) is 1.74. The maximum Gasteiger partial charge on any atom is 0.271 e. The Morgan fingerprint density at radius 3 is 2.61 bits per heavy atom. The Balaban J connectivity index is 1.51. The quantitative estimate of drug-likeness (QED) is 0.297. The summed E-state index contributed by atoms with van der Waals surface area (Å²) in [6.45, 7) is 1.91. The number of nitrogens with zero attached hydrogens (tertiary/aromatic N) is 3. The van der Waals surface area contributed by atoms with Crippen LogP contribution in [-0.4, -0.2) is 16.1 Å². The molecule has 1 fully saturated rings. The second-order valence-corrected chi connectivity index (χ2v) is 8.78. The Hall–Kier alpha value is -3.61. The number of anilines is 1. The van der Waals surface area contributed by atoms with Gasteiger partial charge in [0.05, 0.1) is 10.6 Å². The molecule has 0 N–H and O–H groups in total. The number of aryl methyl sites for hydroxylation is 1. The number of halogens is 1. The van der Waals surface area contributed by atoms with E-state index in [1.54, 1.807) is 11.0 Å². The summed E-state index contributed by atoms with van der Waals surface area (Å²) in [6, 6.07) is 26.2. The fourth-order valence-electron chi connectivity index (χ4n) is 3.40. The molecule has 7 heteroatoms. The first-order chi connectivity index (χ1) is 16.1. The molecule has 0 unspecified atom stereocenters. The molecule has 2 aromatic carbocycles. The van der Waals surface area contributed by atoms with Crippen LogP contribution in [0.25, 0.3) is 17.4 Å². The lowest BCUT2D eigenvalue weighted by Gasteiger charge is -2.15. The van der Waals surface area contributed by atoms with Crippen molar-refractivity contribution in [3.05, 3.63) is 106 Å². The molecule has 0 saturated carbocycles. The predicted octanol–water partition coefficient (Wildman–Crippen LogP) is 7.11.